The van der Waals surface area contributed by atoms with Crippen molar-refractivity contribution in [2.75, 3.05) is 0 Å². The van der Waals surface area contributed by atoms with Gasteiger partial charge in [-0.1, -0.05) is 48.5 Å². The Labute approximate surface area is 506 Å². The standard InChI is InChI=1S/C44H30N4O12S4.4Na.5H2O/c49-61(50,51)29-9-1-25(2-10-29)41-33-17-19-35(45-33)42(26-3-11-30(12-4-26)62(52,53)54)37-21-23-39(47-37)44(28-7-15-32(16-8-28)64(58,59)60)40-24-22-38(48-40)43(36-20-18-34(41)46-36)27-5-13-31(14-6-27)63(55,56)57;;;;;;;;;/h1-24,45,48H,(H,49,50,51)(H,52,53,54)(H,55,56,57)(H,58,59,60);;;;;5*1H2/q;4*+1;;;;;/p-4. The van der Waals surface area contributed by atoms with E-state index in [-0.39, 0.29) is 146 Å². The molecule has 8 bridgehead atoms. The van der Waals surface area contributed by atoms with E-state index in [0.29, 0.717) is 89.4 Å². The van der Waals surface area contributed by atoms with Gasteiger partial charge in [0.25, 0.3) is 0 Å². The summed E-state index contributed by atoms with van der Waals surface area (Å²) in [5.41, 5.74) is 6.76. The Balaban J connectivity index is 0.00000576. The molecule has 0 radical (unpaired) electrons. The number of nitrogens with zero attached hydrogens (tertiary/aromatic N) is 2. The van der Waals surface area contributed by atoms with Crippen molar-refractivity contribution in [2.24, 2.45) is 0 Å². The van der Waals surface area contributed by atoms with Crippen LogP contribution in [0.1, 0.15) is 22.8 Å². The zero-order valence-corrected chi connectivity index (χ0v) is 50.0. The molecule has 0 saturated heterocycles. The van der Waals surface area contributed by atoms with Crippen molar-refractivity contribution in [3.8, 4) is 44.5 Å². The fourth-order valence-corrected chi connectivity index (χ4v) is 9.45. The number of hydrogen-bond donors (Lipinski definition) is 2. The van der Waals surface area contributed by atoms with Gasteiger partial charge in [0.2, 0.25) is 0 Å². The van der Waals surface area contributed by atoms with Crippen LogP contribution in [0, 0.1) is 0 Å². The molecule has 0 unspecified atom stereocenters. The summed E-state index contributed by atoms with van der Waals surface area (Å²) in [5, 5.41) is 0. The maximum Gasteiger partial charge on any atom is 1.00 e. The van der Waals surface area contributed by atoms with Gasteiger partial charge in [-0.05, 0) is 119 Å². The molecule has 0 saturated carbocycles. The van der Waals surface area contributed by atoms with Crippen LogP contribution in [-0.4, -0.2) is 99.2 Å². The molecule has 0 spiro atoms. The van der Waals surface area contributed by atoms with E-state index in [0.717, 1.165) is 0 Å². The number of H-pyrrole nitrogens is 2. The molecule has 362 valence electrons. The Kier molecular flexibility index (Phi) is 25.7. The second-order valence-corrected chi connectivity index (χ2v) is 19.9. The second-order valence-electron chi connectivity index (χ2n) is 14.4. The molecule has 73 heavy (non-hydrogen) atoms. The molecule has 0 aliphatic carbocycles. The molecule has 2 aliphatic heterocycles. The van der Waals surface area contributed by atoms with Crippen LogP contribution in [0.3, 0.4) is 0 Å². The zero-order chi connectivity index (χ0) is 45.3. The largest absolute Gasteiger partial charge is 1.00 e. The first-order chi connectivity index (χ1) is 30.2. The molecule has 0 amide bonds. The van der Waals surface area contributed by atoms with Gasteiger partial charge < -0.3 is 55.6 Å². The van der Waals surface area contributed by atoms with Crippen LogP contribution in [0.25, 0.3) is 90.9 Å². The van der Waals surface area contributed by atoms with Gasteiger partial charge in [-0.2, -0.15) is 0 Å². The van der Waals surface area contributed by atoms with E-state index in [1.165, 1.54) is 97.1 Å². The van der Waals surface area contributed by atoms with E-state index in [1.54, 1.807) is 48.6 Å². The predicted octanol–water partition coefficient (Wildman–Crippen LogP) is -9.17. The van der Waals surface area contributed by atoms with Crippen molar-refractivity contribution in [1.82, 2.24) is 19.9 Å². The molecule has 4 aromatic carbocycles. The average molecular weight is 1110 g/mol. The quantitative estimate of drug-likeness (QED) is 0.105. The van der Waals surface area contributed by atoms with Crippen molar-refractivity contribution in [3.63, 3.8) is 0 Å². The number of aromatic amines is 2. The number of aromatic nitrogens is 4. The summed E-state index contributed by atoms with van der Waals surface area (Å²) in [6.45, 7) is 0. The Morgan fingerprint density at radius 3 is 0.603 bits per heavy atom. The maximum atomic E-state index is 11.9. The summed E-state index contributed by atoms with van der Waals surface area (Å²) >= 11 is 0. The molecule has 29 heteroatoms. The molecule has 5 heterocycles. The zero-order valence-electron chi connectivity index (χ0n) is 38.8. The van der Waals surface area contributed by atoms with Crippen LogP contribution in [0.5, 0.6) is 0 Å². The van der Waals surface area contributed by atoms with Gasteiger partial charge in [0.05, 0.1) is 42.4 Å². The molecule has 0 atom stereocenters. The first-order valence-corrected chi connectivity index (χ1v) is 24.3. The van der Waals surface area contributed by atoms with Crippen molar-refractivity contribution < 1.29 is 197 Å². The average Bonchev–Trinajstić information content (AvgIpc) is 4.08. The van der Waals surface area contributed by atoms with Gasteiger partial charge in [0.15, 0.2) is 0 Å². The summed E-state index contributed by atoms with van der Waals surface area (Å²) < 4.78 is 143. The summed E-state index contributed by atoms with van der Waals surface area (Å²) in [7, 11) is -19.2. The normalized spacial score (nSPS) is 11.5. The van der Waals surface area contributed by atoms with Gasteiger partial charge in [0, 0.05) is 44.3 Å². The van der Waals surface area contributed by atoms with Gasteiger partial charge in [-0.3, -0.25) is 0 Å². The molecule has 7 aromatic rings. The van der Waals surface area contributed by atoms with Crippen LogP contribution in [0.4, 0.5) is 0 Å². The van der Waals surface area contributed by atoms with E-state index >= 15 is 0 Å². The maximum absolute atomic E-state index is 11.9. The molecule has 2 aliphatic rings. The molecule has 12 N–H and O–H groups in total. The minimum Gasteiger partial charge on any atom is -0.744 e. The number of nitrogens with one attached hydrogen (secondary N) is 2. The fourth-order valence-electron chi connectivity index (χ4n) is 7.57. The van der Waals surface area contributed by atoms with E-state index < -0.39 is 60.1 Å². The minimum atomic E-state index is -4.81. The third-order valence-electron chi connectivity index (χ3n) is 10.5. The Morgan fingerprint density at radius 1 is 0.288 bits per heavy atom. The Hall–Kier alpha value is -3.08. The summed E-state index contributed by atoms with van der Waals surface area (Å²) in [6.07, 6.45) is 6.79. The van der Waals surface area contributed by atoms with Crippen molar-refractivity contribution >= 4 is 86.8 Å². The summed E-state index contributed by atoms with van der Waals surface area (Å²) in [4.78, 5) is 15.0. The Morgan fingerprint density at radius 2 is 0.452 bits per heavy atom. The third-order valence-corrected chi connectivity index (χ3v) is 13.9. The first kappa shape index (κ1) is 69.9. The number of benzene rings is 4. The molecule has 0 fully saturated rings. The monoisotopic (exact) mass is 1110 g/mol. The molecular formula is C44H36N4Na4O17S4. The molecule has 21 nitrogen and oxygen atoms in total. The minimum absolute atomic E-state index is 0. The second kappa shape index (κ2) is 26.8. The number of rotatable bonds is 8. The molecule has 9 rings (SSSR count). The topological polar surface area (TPSA) is 444 Å². The molecule has 3 aromatic heterocycles. The Bertz CT molecular complexity index is 3330. The van der Waals surface area contributed by atoms with Crippen molar-refractivity contribution in [2.45, 2.75) is 19.6 Å². The first-order valence-electron chi connectivity index (χ1n) is 18.6. The molecular weight excluding hydrogens is 1080 g/mol. The predicted molar refractivity (Wildman–Crippen MR) is 251 cm³/mol. The van der Waals surface area contributed by atoms with Crippen LogP contribution >= 0.6 is 0 Å². The van der Waals surface area contributed by atoms with E-state index in [1.807, 2.05) is 0 Å². The van der Waals surface area contributed by atoms with E-state index in [9.17, 15) is 51.9 Å². The smallest absolute Gasteiger partial charge is 0.744 e. The SMILES string of the molecule is O.O.O.O.O.O=S(=O)([O-])c1ccc(-c2c3nc(c(-c4ccc(S(=O)(=O)[O-])cc4)c4ccc([nH]4)c(-c4ccc(S(=O)(=O)[O-])cc4)c4nc(c(-c5ccc(S(=O)(=O)[O-])cc5)c5ccc2[nH]5)C=C4)C=C3)cc1.[Na+].[Na+].[Na+].[Na+]. The van der Waals surface area contributed by atoms with E-state index in [2.05, 4.69) is 9.97 Å². The van der Waals surface area contributed by atoms with Crippen molar-refractivity contribution in [1.29, 1.82) is 0 Å². The van der Waals surface area contributed by atoms with Crippen LogP contribution in [0.15, 0.2) is 141 Å². The third kappa shape index (κ3) is 14.7. The fraction of sp³-hybridized carbons (Fsp3) is 0. The summed E-state index contributed by atoms with van der Waals surface area (Å²) in [6, 6.07) is 27.8. The number of fused-ring (bicyclic) bond motifs is 8. The summed E-state index contributed by atoms with van der Waals surface area (Å²) in [5.74, 6) is 0. The van der Waals surface area contributed by atoms with Gasteiger partial charge in [-0.25, -0.2) is 43.6 Å². The van der Waals surface area contributed by atoms with E-state index in [4.69, 9.17) is 9.97 Å². The van der Waals surface area contributed by atoms with Gasteiger partial charge >= 0.3 is 118 Å². The van der Waals surface area contributed by atoms with Crippen LogP contribution in [0.2, 0.25) is 0 Å². The number of hydrogen-bond acceptors (Lipinski definition) is 14. The van der Waals surface area contributed by atoms with Crippen molar-refractivity contribution in [3.05, 3.63) is 144 Å². The van der Waals surface area contributed by atoms with Crippen LogP contribution in [-0.2, 0) is 40.5 Å². The van der Waals surface area contributed by atoms with Gasteiger partial charge in [-0.15, -0.1) is 0 Å². The van der Waals surface area contributed by atoms with Gasteiger partial charge in [0.1, 0.15) is 40.5 Å². The van der Waals surface area contributed by atoms with Crippen LogP contribution < -0.4 is 118 Å².